The van der Waals surface area contributed by atoms with E-state index in [4.69, 9.17) is 16.2 Å². The molecule has 37 heavy (non-hydrogen) atoms. The zero-order valence-electron chi connectivity index (χ0n) is 19.2. The van der Waals surface area contributed by atoms with Crippen LogP contribution >= 0.6 is 22.9 Å². The molecule has 0 bridgehead atoms. The zero-order chi connectivity index (χ0) is 26.7. The van der Waals surface area contributed by atoms with E-state index < -0.39 is 35.5 Å². The quantitative estimate of drug-likeness (QED) is 0.389. The molecule has 0 spiro atoms. The monoisotopic (exact) mass is 553 g/mol. The van der Waals surface area contributed by atoms with E-state index in [9.17, 15) is 27.6 Å². The van der Waals surface area contributed by atoms with Gasteiger partial charge in [0.1, 0.15) is 4.88 Å². The van der Waals surface area contributed by atoms with Crippen LogP contribution in [0.3, 0.4) is 0 Å². The molecule has 9 nitrogen and oxygen atoms in total. The molecule has 0 aliphatic carbocycles. The average molecular weight is 554 g/mol. The number of halogens is 3. The number of thiophene rings is 1. The van der Waals surface area contributed by atoms with Crippen molar-refractivity contribution in [3.05, 3.63) is 62.8 Å². The average Bonchev–Trinajstić information content (AvgIpc) is 3.62. The lowest BCUT2D eigenvalue weighted by Crippen LogP contribution is -2.45. The fourth-order valence-corrected chi connectivity index (χ4v) is 5.45. The van der Waals surface area contributed by atoms with E-state index in [0.717, 1.165) is 47.3 Å². The van der Waals surface area contributed by atoms with E-state index in [2.05, 4.69) is 9.69 Å². The van der Waals surface area contributed by atoms with Crippen molar-refractivity contribution in [3.8, 4) is 0 Å². The van der Waals surface area contributed by atoms with Gasteiger partial charge in [0.15, 0.2) is 11.7 Å². The van der Waals surface area contributed by atoms with E-state index >= 15 is 0 Å². The minimum Gasteiger partial charge on any atom is -0.395 e. The summed E-state index contributed by atoms with van der Waals surface area (Å²) in [4.78, 5) is 40.1. The number of hydrogen-bond acceptors (Lipinski definition) is 8. The predicted molar refractivity (Wildman–Crippen MR) is 132 cm³/mol. The summed E-state index contributed by atoms with van der Waals surface area (Å²) in [6.07, 6.45) is -3.32. The number of amides is 3. The first-order chi connectivity index (χ1) is 17.6. The van der Waals surface area contributed by atoms with E-state index in [0.29, 0.717) is 23.0 Å². The van der Waals surface area contributed by atoms with Crippen LogP contribution in [0.25, 0.3) is 0 Å². The molecule has 1 aliphatic rings. The van der Waals surface area contributed by atoms with Gasteiger partial charge in [0, 0.05) is 23.7 Å². The fourth-order valence-electron chi connectivity index (χ4n) is 3.89. The number of nitrogens with zero attached hydrogens (tertiary/aromatic N) is 2. The third-order valence-electron chi connectivity index (χ3n) is 5.67. The lowest BCUT2D eigenvalue weighted by atomic mass is 10.1. The maximum Gasteiger partial charge on any atom is 0.416 e. The van der Waals surface area contributed by atoms with E-state index in [1.165, 1.54) is 6.07 Å². The van der Waals surface area contributed by atoms with Crippen molar-refractivity contribution < 1.29 is 32.3 Å². The van der Waals surface area contributed by atoms with Gasteiger partial charge in [0.25, 0.3) is 11.8 Å². The first-order valence-electron chi connectivity index (χ1n) is 11.1. The molecule has 3 amide bonds. The summed E-state index contributed by atoms with van der Waals surface area (Å²) >= 11 is 1.72. The molecule has 4 rings (SSSR count). The predicted octanol–water partition coefficient (Wildman–Crippen LogP) is 3.59. The molecular weight excluding hydrogens is 531 g/mol. The Hall–Kier alpha value is -3.49. The number of benzene rings is 1. The van der Waals surface area contributed by atoms with Crippen molar-refractivity contribution in [1.29, 1.82) is 0 Å². The number of hydrogen-bond donors (Lipinski definition) is 3. The number of ether oxygens (including phenoxy) is 1. The van der Waals surface area contributed by atoms with Crippen LogP contribution in [0.5, 0.6) is 0 Å². The molecule has 14 heteroatoms. The number of carbonyl (C=O) groups is 3. The number of anilines is 2. The molecule has 3 aromatic rings. The lowest BCUT2D eigenvalue weighted by molar-refractivity contribution is -0.137. The summed E-state index contributed by atoms with van der Waals surface area (Å²) in [5.74, 6) is -2.50. The summed E-state index contributed by atoms with van der Waals surface area (Å²) < 4.78 is 50.1. The minimum absolute atomic E-state index is 0.167. The van der Waals surface area contributed by atoms with Gasteiger partial charge in [-0.25, -0.2) is 0 Å². The topological polar surface area (TPSA) is 141 Å². The highest BCUT2D eigenvalue weighted by Gasteiger charge is 2.38. The highest BCUT2D eigenvalue weighted by atomic mass is 32.1. The van der Waals surface area contributed by atoms with Crippen LogP contribution < -0.4 is 21.7 Å². The van der Waals surface area contributed by atoms with E-state index in [1.54, 1.807) is 17.5 Å². The Bertz CT molecular complexity index is 1290. The lowest BCUT2D eigenvalue weighted by Gasteiger charge is -2.31. The van der Waals surface area contributed by atoms with Crippen molar-refractivity contribution in [2.75, 3.05) is 23.8 Å². The molecule has 0 radical (unpaired) electrons. The normalized spacial score (nSPS) is 16.4. The third-order valence-corrected chi connectivity index (χ3v) is 7.45. The maximum atomic E-state index is 13.8. The largest absolute Gasteiger partial charge is 0.416 e. The van der Waals surface area contributed by atoms with Crippen LogP contribution in [0, 0.1) is 0 Å². The van der Waals surface area contributed by atoms with Gasteiger partial charge in [-0.1, -0.05) is 12.1 Å². The van der Waals surface area contributed by atoms with Crippen molar-refractivity contribution in [2.45, 2.75) is 31.2 Å². The molecule has 1 saturated heterocycles. The Morgan fingerprint density at radius 1 is 1.24 bits per heavy atom. The Balaban J connectivity index is 1.81. The molecule has 5 N–H and O–H groups in total. The summed E-state index contributed by atoms with van der Waals surface area (Å²) in [5.41, 5.74) is 9.37. The molecule has 2 atom stereocenters. The number of nitrogen functional groups attached to an aromatic ring is 1. The van der Waals surface area contributed by atoms with Gasteiger partial charge in [0.2, 0.25) is 5.91 Å². The van der Waals surface area contributed by atoms with Crippen LogP contribution in [-0.2, 0) is 15.7 Å². The summed E-state index contributed by atoms with van der Waals surface area (Å²) in [7, 11) is 0. The molecule has 1 fully saturated rings. The minimum atomic E-state index is -4.70. The highest BCUT2D eigenvalue weighted by molar-refractivity contribution is 7.10. The Labute approximate surface area is 217 Å². The second kappa shape index (κ2) is 10.9. The number of aromatic nitrogens is 1. The SMILES string of the molecule is NC(=O)c1nsc(C(=O)N(c2cccc(C(F)(F)F)c2)[C@H](C(=O)NC[C@@H]2CCCO2)c2cccs2)c1N. The molecule has 1 aromatic carbocycles. The van der Waals surface area contributed by atoms with Gasteiger partial charge in [0.05, 0.1) is 17.4 Å². The van der Waals surface area contributed by atoms with Crippen molar-refractivity contribution in [3.63, 3.8) is 0 Å². The molecular formula is C23H22F3N5O4S2. The Morgan fingerprint density at radius 2 is 2.03 bits per heavy atom. The van der Waals surface area contributed by atoms with Crippen molar-refractivity contribution in [2.24, 2.45) is 5.73 Å². The van der Waals surface area contributed by atoms with Gasteiger partial charge in [-0.05, 0) is 54.0 Å². The van der Waals surface area contributed by atoms with Crippen LogP contribution in [0.2, 0.25) is 0 Å². The third kappa shape index (κ3) is 5.76. The van der Waals surface area contributed by atoms with Gasteiger partial charge in [-0.15, -0.1) is 11.3 Å². The Morgan fingerprint density at radius 3 is 2.62 bits per heavy atom. The van der Waals surface area contributed by atoms with E-state index in [1.807, 2.05) is 0 Å². The van der Waals surface area contributed by atoms with Gasteiger partial charge in [-0.3, -0.25) is 19.3 Å². The number of rotatable bonds is 8. The number of primary amides is 1. The van der Waals surface area contributed by atoms with Gasteiger partial charge in [-0.2, -0.15) is 17.5 Å². The van der Waals surface area contributed by atoms with Crippen LogP contribution in [0.1, 0.15) is 49.5 Å². The van der Waals surface area contributed by atoms with E-state index in [-0.39, 0.29) is 34.6 Å². The second-order valence-corrected chi connectivity index (χ2v) is 9.91. The van der Waals surface area contributed by atoms with Crippen LogP contribution in [0.4, 0.5) is 24.5 Å². The first-order valence-corrected chi connectivity index (χ1v) is 12.7. The molecule has 2 aromatic heterocycles. The molecule has 0 saturated carbocycles. The first kappa shape index (κ1) is 26.6. The Kier molecular flexibility index (Phi) is 7.80. The van der Waals surface area contributed by atoms with Crippen molar-refractivity contribution in [1.82, 2.24) is 9.69 Å². The smallest absolute Gasteiger partial charge is 0.395 e. The number of alkyl halides is 3. The van der Waals surface area contributed by atoms with Crippen LogP contribution in [-0.4, -0.2) is 41.4 Å². The zero-order valence-corrected chi connectivity index (χ0v) is 20.8. The standard InChI is InChI=1S/C23H22F3N5O4S2/c24-23(25,26)12-4-1-5-13(10-12)31(22(34)19-16(27)17(20(28)32)30-37-19)18(15-7-3-9-36-15)21(33)29-11-14-6-2-8-35-14/h1,3-5,7,9-10,14,18H,2,6,8,11,27H2,(H2,28,32)(H,29,33)/t14-,18-/m0/s1. The summed E-state index contributed by atoms with van der Waals surface area (Å²) in [6.45, 7) is 0.733. The van der Waals surface area contributed by atoms with Crippen molar-refractivity contribution >= 4 is 52.0 Å². The summed E-state index contributed by atoms with van der Waals surface area (Å²) in [5, 5.41) is 4.44. The molecule has 3 heterocycles. The second-order valence-electron chi connectivity index (χ2n) is 8.16. The number of carbonyl (C=O) groups excluding carboxylic acids is 3. The molecule has 196 valence electrons. The number of nitrogens with one attached hydrogen (secondary N) is 1. The van der Waals surface area contributed by atoms with Gasteiger partial charge < -0.3 is 21.5 Å². The summed E-state index contributed by atoms with van der Waals surface area (Å²) in [6, 6.07) is 5.96. The van der Waals surface area contributed by atoms with Gasteiger partial charge >= 0.3 is 6.18 Å². The fraction of sp³-hybridized carbons (Fsp3) is 0.304. The maximum absolute atomic E-state index is 13.8. The molecule has 1 aliphatic heterocycles. The highest BCUT2D eigenvalue weighted by Crippen LogP contribution is 2.37. The molecule has 0 unspecified atom stereocenters. The number of nitrogens with two attached hydrogens (primary N) is 2. The van der Waals surface area contributed by atoms with Crippen LogP contribution in [0.15, 0.2) is 41.8 Å².